The first-order valence-corrected chi connectivity index (χ1v) is 18.0. The molecule has 0 aromatic carbocycles. The summed E-state index contributed by atoms with van der Waals surface area (Å²) in [7, 11) is -6.48. The zero-order valence-corrected chi connectivity index (χ0v) is 27.9. The topological polar surface area (TPSA) is 201 Å². The van der Waals surface area contributed by atoms with E-state index < -0.39 is 39.6 Å². The fourth-order valence-corrected chi connectivity index (χ4v) is 6.79. The number of ether oxygens (including phenoxy) is 3. The molecule has 254 valence electrons. The van der Waals surface area contributed by atoms with Gasteiger partial charge < -0.3 is 39.6 Å². The summed E-state index contributed by atoms with van der Waals surface area (Å²) in [6.45, 7) is 8.15. The van der Waals surface area contributed by atoms with E-state index in [1.165, 1.54) is 14.0 Å². The normalized spacial score (nSPS) is 23.9. The Hall–Kier alpha value is -1.65. The van der Waals surface area contributed by atoms with Crippen LogP contribution in [-0.4, -0.2) is 92.3 Å². The number of nitrogens with two attached hydrogens (primary N) is 1. The molecule has 44 heavy (non-hydrogen) atoms. The van der Waals surface area contributed by atoms with Gasteiger partial charge in [-0.05, 0) is 40.0 Å². The number of anilines is 3. The van der Waals surface area contributed by atoms with Crippen LogP contribution in [0.3, 0.4) is 0 Å². The van der Waals surface area contributed by atoms with Crippen LogP contribution in [0.4, 0.5) is 21.8 Å². The average molecular weight is 672 g/mol. The minimum Gasteiger partial charge on any atom is -0.476 e. The number of alkyl halides is 1. The van der Waals surface area contributed by atoms with E-state index in [9.17, 15) is 18.4 Å². The maximum atomic E-state index is 14.4. The number of hydrogen-bond acceptors (Lipinski definition) is 13. The maximum absolute atomic E-state index is 14.4. The summed E-state index contributed by atoms with van der Waals surface area (Å²) in [6, 6.07) is 0. The Morgan fingerprint density at radius 1 is 1.23 bits per heavy atom. The van der Waals surface area contributed by atoms with Crippen molar-refractivity contribution in [1.29, 1.82) is 0 Å². The predicted octanol–water partition coefficient (Wildman–Crippen LogP) is 3.54. The summed E-state index contributed by atoms with van der Waals surface area (Å²) in [5, 5.41) is 8.51. The lowest BCUT2D eigenvalue weighted by molar-refractivity contribution is -0.0294. The first-order valence-electron chi connectivity index (χ1n) is 14.9. The Balaban J connectivity index is 1.32. The molecule has 0 radical (unpaired) electrons. The molecule has 0 spiro atoms. The summed E-state index contributed by atoms with van der Waals surface area (Å²) in [5.74, 6) is 1.00. The molecule has 16 nitrogen and oxygen atoms in total. The summed E-state index contributed by atoms with van der Waals surface area (Å²) in [5.41, 5.74) is 4.76. The van der Waals surface area contributed by atoms with Crippen molar-refractivity contribution < 1.29 is 46.2 Å². The molecule has 0 saturated carbocycles. The van der Waals surface area contributed by atoms with Crippen molar-refractivity contribution in [3.05, 3.63) is 0 Å². The van der Waals surface area contributed by atoms with Crippen molar-refractivity contribution in [3.8, 4) is 5.88 Å². The molecule has 6 N–H and O–H groups in total. The van der Waals surface area contributed by atoms with Crippen LogP contribution in [0.25, 0.3) is 0 Å². The van der Waals surface area contributed by atoms with Crippen LogP contribution in [0.5, 0.6) is 5.88 Å². The fourth-order valence-electron chi connectivity index (χ4n) is 4.55. The van der Waals surface area contributed by atoms with Crippen LogP contribution in [-0.2, 0) is 32.2 Å². The predicted molar refractivity (Wildman–Crippen MR) is 163 cm³/mol. The van der Waals surface area contributed by atoms with Crippen LogP contribution in [0.2, 0.25) is 0 Å². The first kappa shape index (κ1) is 36.8. The zero-order valence-electron chi connectivity index (χ0n) is 26.1. The maximum Gasteiger partial charge on any atom is 0.405 e. The quantitative estimate of drug-likeness (QED) is 0.0937. The van der Waals surface area contributed by atoms with E-state index in [-0.39, 0.29) is 32.3 Å². The third-order valence-electron chi connectivity index (χ3n) is 7.12. The molecule has 1 aromatic rings. The molecule has 0 aliphatic carbocycles. The van der Waals surface area contributed by atoms with Crippen molar-refractivity contribution in [2.45, 2.75) is 83.9 Å². The molecular formula is C25H48FN7O9P2. The molecule has 0 bridgehead atoms. The number of aromatic nitrogens is 2. The van der Waals surface area contributed by atoms with E-state index >= 15 is 0 Å². The number of fused-ring (bicyclic) bond motifs is 1. The third kappa shape index (κ3) is 10.7. The molecule has 1 saturated heterocycles. The zero-order chi connectivity index (χ0) is 32.4. The number of hydrogen-bond donors (Lipinski definition) is 5. The number of halogens is 1. The largest absolute Gasteiger partial charge is 0.476 e. The minimum atomic E-state index is -4.05. The van der Waals surface area contributed by atoms with Gasteiger partial charge in [0, 0.05) is 20.2 Å². The highest BCUT2D eigenvalue weighted by Gasteiger charge is 2.45. The highest BCUT2D eigenvalue weighted by molar-refractivity contribution is 7.51. The molecular weight excluding hydrogens is 623 g/mol. The number of rotatable bonds is 21. The monoisotopic (exact) mass is 671 g/mol. The Bertz CT molecular complexity index is 1160. The summed E-state index contributed by atoms with van der Waals surface area (Å²) in [6.07, 6.45) is 1.42. The smallest absolute Gasteiger partial charge is 0.405 e. The van der Waals surface area contributed by atoms with Gasteiger partial charge in [-0.3, -0.25) is 9.05 Å². The Morgan fingerprint density at radius 2 is 1.93 bits per heavy atom. The highest BCUT2D eigenvalue weighted by Crippen LogP contribution is 2.47. The van der Waals surface area contributed by atoms with Gasteiger partial charge in [-0.25, -0.2) is 23.7 Å². The summed E-state index contributed by atoms with van der Waals surface area (Å²) < 4.78 is 72.1. The second kappa shape index (κ2) is 16.8. The van der Waals surface area contributed by atoms with E-state index in [2.05, 4.69) is 25.5 Å². The van der Waals surface area contributed by atoms with Gasteiger partial charge in [0.25, 0.3) is 0 Å². The van der Waals surface area contributed by atoms with E-state index in [0.717, 1.165) is 12.8 Å². The van der Waals surface area contributed by atoms with Crippen molar-refractivity contribution >= 4 is 32.9 Å². The van der Waals surface area contributed by atoms with Gasteiger partial charge in [-0.1, -0.05) is 19.8 Å². The van der Waals surface area contributed by atoms with Crippen LogP contribution in [0.1, 0.15) is 59.8 Å². The lowest BCUT2D eigenvalue weighted by Crippen LogP contribution is -2.39. The Morgan fingerprint density at radius 3 is 2.55 bits per heavy atom. The summed E-state index contributed by atoms with van der Waals surface area (Å²) >= 11 is 0. The van der Waals surface area contributed by atoms with Crippen LogP contribution in [0, 0.1) is 0 Å². The SMILES string of the molecule is CCOc1nc(N)nc2c1NCN2C(C)OC(CC)COP(=O)(O)NCCCCCCNP(=O)(OC)O[C@@H]1COC[C@]1(C)F. The van der Waals surface area contributed by atoms with E-state index in [4.69, 9.17) is 33.5 Å². The van der Waals surface area contributed by atoms with Gasteiger partial charge >= 0.3 is 15.5 Å². The fraction of sp³-hybridized carbons (Fsp3) is 0.840. The molecule has 4 unspecified atom stereocenters. The van der Waals surface area contributed by atoms with Crippen LogP contribution in [0.15, 0.2) is 0 Å². The van der Waals surface area contributed by atoms with E-state index in [0.29, 0.717) is 56.5 Å². The molecule has 0 amide bonds. The number of nitrogens with zero attached hydrogens (tertiary/aromatic N) is 3. The second-order valence-corrected chi connectivity index (χ2v) is 14.2. The van der Waals surface area contributed by atoms with Crippen molar-refractivity contribution in [3.63, 3.8) is 0 Å². The van der Waals surface area contributed by atoms with Crippen LogP contribution < -0.4 is 30.9 Å². The highest BCUT2D eigenvalue weighted by atomic mass is 31.2. The lowest BCUT2D eigenvalue weighted by atomic mass is 10.1. The second-order valence-electron chi connectivity index (χ2n) is 10.7. The molecule has 19 heteroatoms. The average Bonchev–Trinajstić information content (AvgIpc) is 3.54. The standard InChI is InChI=1S/C25H48FN7O9P2/c1-6-19(41-18(3)33-17-28-21-22(33)31-24(27)32-23(21)39-7-2)14-40-43(34,35)29-12-10-8-9-11-13-30-44(36,37-5)42-20-15-38-16-25(20,4)26/h18-20,28H,6-17H2,1-5H3,(H,30,36)(H2,27,31,32)(H2,29,34,35)/t18?,19?,20-,25+,44?/m1/s1. The molecule has 2 aliphatic rings. The van der Waals surface area contributed by atoms with E-state index in [1.807, 2.05) is 25.7 Å². The molecule has 1 aromatic heterocycles. The van der Waals surface area contributed by atoms with Gasteiger partial charge in [0.05, 0.1) is 39.2 Å². The van der Waals surface area contributed by atoms with E-state index in [1.54, 1.807) is 0 Å². The van der Waals surface area contributed by atoms with Gasteiger partial charge in [-0.2, -0.15) is 9.97 Å². The molecule has 2 aliphatic heterocycles. The number of nitrogen functional groups attached to an aromatic ring is 1. The first-order chi connectivity index (χ1) is 20.8. The van der Waals surface area contributed by atoms with Gasteiger partial charge in [0.2, 0.25) is 11.8 Å². The third-order valence-corrected chi connectivity index (χ3v) is 9.87. The van der Waals surface area contributed by atoms with Gasteiger partial charge in [0.1, 0.15) is 18.0 Å². The Labute approximate surface area is 258 Å². The molecule has 6 atom stereocenters. The van der Waals surface area contributed by atoms with Gasteiger partial charge in [-0.15, -0.1) is 0 Å². The molecule has 3 rings (SSSR count). The summed E-state index contributed by atoms with van der Waals surface area (Å²) in [4.78, 5) is 20.6. The van der Waals surface area contributed by atoms with Gasteiger partial charge in [0.15, 0.2) is 11.5 Å². The Kier molecular flexibility index (Phi) is 14.0. The van der Waals surface area contributed by atoms with Crippen molar-refractivity contribution in [1.82, 2.24) is 20.1 Å². The van der Waals surface area contributed by atoms with Crippen molar-refractivity contribution in [2.24, 2.45) is 0 Å². The van der Waals surface area contributed by atoms with Crippen LogP contribution >= 0.6 is 15.5 Å². The molecule has 3 heterocycles. The lowest BCUT2D eigenvalue weighted by Gasteiger charge is -2.29. The number of unbranched alkanes of at least 4 members (excludes halogenated alkanes) is 3. The van der Waals surface area contributed by atoms with Crippen molar-refractivity contribution in [2.75, 3.05) is 69.2 Å². The minimum absolute atomic E-state index is 0.00581. The molecule has 1 fully saturated rings. The number of nitrogens with one attached hydrogen (secondary N) is 3.